The quantitative estimate of drug-likeness (QED) is 0.691. The first-order valence-corrected chi connectivity index (χ1v) is 7.07. The number of hydrogen-bond donors (Lipinski definition) is 2. The van der Waals surface area contributed by atoms with E-state index in [4.69, 9.17) is 0 Å². The SMILES string of the molecule is Cc1ccc(CNCCCNCC(C)C)cc1C. The van der Waals surface area contributed by atoms with Crippen LogP contribution in [-0.2, 0) is 6.54 Å². The molecule has 0 fully saturated rings. The minimum atomic E-state index is 0.744. The summed E-state index contributed by atoms with van der Waals surface area (Å²) in [6.45, 7) is 13.1. The maximum Gasteiger partial charge on any atom is 0.0205 e. The first-order valence-electron chi connectivity index (χ1n) is 7.07. The summed E-state index contributed by atoms with van der Waals surface area (Å²) in [5.74, 6) is 0.744. The van der Waals surface area contributed by atoms with Gasteiger partial charge in [0.05, 0.1) is 0 Å². The van der Waals surface area contributed by atoms with Gasteiger partial charge in [-0.2, -0.15) is 0 Å². The molecule has 0 aromatic heterocycles. The molecule has 0 radical (unpaired) electrons. The Bertz CT molecular complexity index is 345. The van der Waals surface area contributed by atoms with Crippen LogP contribution in [0.4, 0.5) is 0 Å². The molecule has 0 saturated heterocycles. The van der Waals surface area contributed by atoms with Gasteiger partial charge < -0.3 is 10.6 Å². The van der Waals surface area contributed by atoms with Crippen molar-refractivity contribution in [1.29, 1.82) is 0 Å². The zero-order valence-corrected chi connectivity index (χ0v) is 12.3. The van der Waals surface area contributed by atoms with E-state index in [2.05, 4.69) is 56.5 Å². The van der Waals surface area contributed by atoms with Crippen LogP contribution in [0.1, 0.15) is 37.0 Å². The van der Waals surface area contributed by atoms with Crippen LogP contribution in [-0.4, -0.2) is 19.6 Å². The molecule has 0 aliphatic heterocycles. The van der Waals surface area contributed by atoms with Crippen molar-refractivity contribution in [2.75, 3.05) is 19.6 Å². The first kappa shape index (κ1) is 15.2. The predicted molar refractivity (Wildman–Crippen MR) is 79.9 cm³/mol. The summed E-state index contributed by atoms with van der Waals surface area (Å²) in [4.78, 5) is 0. The van der Waals surface area contributed by atoms with E-state index in [-0.39, 0.29) is 0 Å². The zero-order chi connectivity index (χ0) is 13.4. The van der Waals surface area contributed by atoms with Gasteiger partial charge in [0.1, 0.15) is 0 Å². The highest BCUT2D eigenvalue weighted by Gasteiger charge is 1.96. The number of hydrogen-bond acceptors (Lipinski definition) is 2. The van der Waals surface area contributed by atoms with Gasteiger partial charge in [-0.1, -0.05) is 32.0 Å². The van der Waals surface area contributed by atoms with Gasteiger partial charge in [0.25, 0.3) is 0 Å². The molecule has 18 heavy (non-hydrogen) atoms. The lowest BCUT2D eigenvalue weighted by atomic mass is 10.1. The number of benzene rings is 1. The van der Waals surface area contributed by atoms with Gasteiger partial charge in [-0.3, -0.25) is 0 Å². The van der Waals surface area contributed by atoms with Crippen LogP contribution in [0.5, 0.6) is 0 Å². The lowest BCUT2D eigenvalue weighted by Gasteiger charge is -2.09. The summed E-state index contributed by atoms with van der Waals surface area (Å²) < 4.78 is 0. The average Bonchev–Trinajstić information content (AvgIpc) is 2.32. The van der Waals surface area contributed by atoms with E-state index in [1.54, 1.807) is 0 Å². The van der Waals surface area contributed by atoms with E-state index in [0.717, 1.165) is 32.1 Å². The Morgan fingerprint density at radius 3 is 2.39 bits per heavy atom. The standard InChI is InChI=1S/C16H28N2/c1-13(2)11-17-8-5-9-18-12-16-7-6-14(3)15(4)10-16/h6-7,10,13,17-18H,5,8-9,11-12H2,1-4H3. The average molecular weight is 248 g/mol. The van der Waals surface area contributed by atoms with Gasteiger partial charge in [-0.25, -0.2) is 0 Å². The molecule has 102 valence electrons. The third kappa shape index (κ3) is 6.18. The Labute approximate surface area is 112 Å². The molecule has 2 N–H and O–H groups in total. The van der Waals surface area contributed by atoms with Gasteiger partial charge in [-0.05, 0) is 62.5 Å². The lowest BCUT2D eigenvalue weighted by Crippen LogP contribution is -2.24. The van der Waals surface area contributed by atoms with E-state index in [1.165, 1.54) is 23.1 Å². The topological polar surface area (TPSA) is 24.1 Å². The van der Waals surface area contributed by atoms with Gasteiger partial charge in [0.15, 0.2) is 0 Å². The van der Waals surface area contributed by atoms with Crippen LogP contribution < -0.4 is 10.6 Å². The molecule has 0 atom stereocenters. The minimum Gasteiger partial charge on any atom is -0.316 e. The van der Waals surface area contributed by atoms with Gasteiger partial charge in [0.2, 0.25) is 0 Å². The zero-order valence-electron chi connectivity index (χ0n) is 12.3. The summed E-state index contributed by atoms with van der Waals surface area (Å²) in [5, 5.41) is 6.96. The van der Waals surface area contributed by atoms with Gasteiger partial charge in [-0.15, -0.1) is 0 Å². The monoisotopic (exact) mass is 248 g/mol. The molecule has 0 aliphatic carbocycles. The number of rotatable bonds is 8. The van der Waals surface area contributed by atoms with E-state index in [1.807, 2.05) is 0 Å². The molecule has 0 amide bonds. The van der Waals surface area contributed by atoms with Crippen molar-refractivity contribution in [2.24, 2.45) is 5.92 Å². The molecule has 0 saturated carbocycles. The maximum absolute atomic E-state index is 3.50. The molecule has 2 heteroatoms. The summed E-state index contributed by atoms with van der Waals surface area (Å²) >= 11 is 0. The van der Waals surface area contributed by atoms with E-state index in [9.17, 15) is 0 Å². The van der Waals surface area contributed by atoms with Crippen molar-refractivity contribution in [3.05, 3.63) is 34.9 Å². The molecule has 0 unspecified atom stereocenters. The van der Waals surface area contributed by atoms with Gasteiger partial charge >= 0.3 is 0 Å². The lowest BCUT2D eigenvalue weighted by molar-refractivity contribution is 0.530. The summed E-state index contributed by atoms with van der Waals surface area (Å²) in [6, 6.07) is 6.70. The Morgan fingerprint density at radius 2 is 1.72 bits per heavy atom. The third-order valence-electron chi connectivity index (χ3n) is 3.16. The third-order valence-corrected chi connectivity index (χ3v) is 3.16. The highest BCUT2D eigenvalue weighted by atomic mass is 14.9. The second-order valence-corrected chi connectivity index (χ2v) is 5.55. The molecule has 1 aromatic carbocycles. The predicted octanol–water partition coefficient (Wildman–Crippen LogP) is 3.03. The molecule has 0 aliphatic rings. The Morgan fingerprint density at radius 1 is 1.00 bits per heavy atom. The van der Waals surface area contributed by atoms with Crippen LogP contribution in [0.15, 0.2) is 18.2 Å². The molecule has 0 heterocycles. The largest absolute Gasteiger partial charge is 0.316 e. The Hall–Kier alpha value is -0.860. The summed E-state index contributed by atoms with van der Waals surface area (Å²) in [5.41, 5.74) is 4.14. The molecular formula is C16H28N2. The highest BCUT2D eigenvalue weighted by molar-refractivity contribution is 5.29. The smallest absolute Gasteiger partial charge is 0.0205 e. The van der Waals surface area contributed by atoms with Crippen LogP contribution in [0.25, 0.3) is 0 Å². The van der Waals surface area contributed by atoms with Crippen LogP contribution >= 0.6 is 0 Å². The minimum absolute atomic E-state index is 0.744. The number of nitrogens with one attached hydrogen (secondary N) is 2. The fourth-order valence-electron chi connectivity index (χ4n) is 1.88. The normalized spacial score (nSPS) is 11.2. The van der Waals surface area contributed by atoms with Crippen molar-refractivity contribution >= 4 is 0 Å². The Kier molecular flexibility index (Phi) is 6.99. The summed E-state index contributed by atoms with van der Waals surface area (Å²) in [7, 11) is 0. The molecule has 0 spiro atoms. The molecule has 0 bridgehead atoms. The second-order valence-electron chi connectivity index (χ2n) is 5.55. The second kappa shape index (κ2) is 8.28. The van der Waals surface area contributed by atoms with Crippen LogP contribution in [0.3, 0.4) is 0 Å². The molecular weight excluding hydrogens is 220 g/mol. The molecule has 1 aromatic rings. The fourth-order valence-corrected chi connectivity index (χ4v) is 1.88. The molecule has 1 rings (SSSR count). The van der Waals surface area contributed by atoms with Crippen LogP contribution in [0.2, 0.25) is 0 Å². The first-order chi connectivity index (χ1) is 8.59. The van der Waals surface area contributed by atoms with Crippen molar-refractivity contribution in [2.45, 2.75) is 40.7 Å². The van der Waals surface area contributed by atoms with Crippen molar-refractivity contribution in [3.8, 4) is 0 Å². The van der Waals surface area contributed by atoms with Crippen molar-refractivity contribution < 1.29 is 0 Å². The molecule has 2 nitrogen and oxygen atoms in total. The Balaban J connectivity index is 2.09. The maximum atomic E-state index is 3.50. The number of aryl methyl sites for hydroxylation is 2. The summed E-state index contributed by atoms with van der Waals surface area (Å²) in [6.07, 6.45) is 1.19. The van der Waals surface area contributed by atoms with Crippen molar-refractivity contribution in [3.63, 3.8) is 0 Å². The van der Waals surface area contributed by atoms with E-state index < -0.39 is 0 Å². The van der Waals surface area contributed by atoms with Crippen molar-refractivity contribution in [1.82, 2.24) is 10.6 Å². The highest BCUT2D eigenvalue weighted by Crippen LogP contribution is 2.09. The van der Waals surface area contributed by atoms with E-state index in [0.29, 0.717) is 0 Å². The van der Waals surface area contributed by atoms with E-state index >= 15 is 0 Å². The van der Waals surface area contributed by atoms with Gasteiger partial charge in [0, 0.05) is 6.54 Å². The van der Waals surface area contributed by atoms with Crippen LogP contribution in [0, 0.1) is 19.8 Å². The fraction of sp³-hybridized carbons (Fsp3) is 0.625.